The van der Waals surface area contributed by atoms with E-state index >= 15 is 0 Å². The van der Waals surface area contributed by atoms with E-state index in [4.69, 9.17) is 0 Å². The maximum absolute atomic E-state index is 2.47. The third kappa shape index (κ3) is 5.45. The van der Waals surface area contributed by atoms with Crippen LogP contribution in [-0.4, -0.2) is 0 Å². The van der Waals surface area contributed by atoms with Crippen LogP contribution in [0.2, 0.25) is 0 Å². The van der Waals surface area contributed by atoms with Gasteiger partial charge in [0.15, 0.2) is 0 Å². The summed E-state index contributed by atoms with van der Waals surface area (Å²) in [5.41, 5.74) is 8.42. The topological polar surface area (TPSA) is 0 Å². The standard InChI is InChI=1S/C39H37.Li/c1-39(2,3)33-26-16-25-32(27-33)38-36(30-21-12-6-13-22-30)34(28-17-8-4-9-18-28)35(29-19-10-5-11-20-29)37(38)31-23-14-7-15-24-31;/h4-27,34-37H,1-3H3;/q-1;+1. The van der Waals surface area contributed by atoms with Crippen LogP contribution in [-0.2, 0) is 5.41 Å². The number of rotatable bonds is 5. The fourth-order valence-electron chi connectivity index (χ4n) is 6.76. The second-order valence-corrected chi connectivity index (χ2v) is 11.9. The van der Waals surface area contributed by atoms with Crippen molar-refractivity contribution in [3.8, 4) is 0 Å². The summed E-state index contributed by atoms with van der Waals surface area (Å²) in [6, 6.07) is 54.3. The molecule has 4 unspecified atom stereocenters. The summed E-state index contributed by atoms with van der Waals surface area (Å²) >= 11 is 0. The Balaban J connectivity index is 0.00000323. The van der Waals surface area contributed by atoms with E-state index in [1.807, 2.05) is 0 Å². The molecule has 1 fully saturated rings. The molecule has 0 aliphatic heterocycles. The summed E-state index contributed by atoms with van der Waals surface area (Å²) in [7, 11) is 0. The zero-order valence-electron chi connectivity index (χ0n) is 24.2. The summed E-state index contributed by atoms with van der Waals surface area (Å²) in [5.74, 6) is 2.63. The first-order chi connectivity index (χ1) is 19.0. The average Bonchev–Trinajstić information content (AvgIpc) is 3.35. The Morgan fingerprint density at radius 2 is 0.825 bits per heavy atom. The van der Waals surface area contributed by atoms with Gasteiger partial charge in [0, 0.05) is 0 Å². The summed E-state index contributed by atoms with van der Waals surface area (Å²) < 4.78 is 0. The van der Waals surface area contributed by atoms with E-state index < -0.39 is 0 Å². The van der Waals surface area contributed by atoms with Crippen LogP contribution in [0.15, 0.2) is 146 Å². The number of hydrogen-bond acceptors (Lipinski definition) is 0. The Morgan fingerprint density at radius 1 is 0.450 bits per heavy atom. The molecule has 5 aromatic rings. The van der Waals surface area contributed by atoms with Crippen molar-refractivity contribution >= 4 is 0 Å². The molecule has 1 aliphatic rings. The van der Waals surface area contributed by atoms with Crippen molar-refractivity contribution in [1.29, 1.82) is 0 Å². The third-order valence-electron chi connectivity index (χ3n) is 8.52. The van der Waals surface area contributed by atoms with Crippen LogP contribution in [0.4, 0.5) is 0 Å². The summed E-state index contributed by atoms with van der Waals surface area (Å²) in [5, 5.41) is 0. The first kappa shape index (κ1) is 28.1. The molecule has 1 heteroatoms. The van der Waals surface area contributed by atoms with Crippen molar-refractivity contribution in [2.24, 2.45) is 0 Å². The predicted octanol–water partition coefficient (Wildman–Crippen LogP) is 7.06. The van der Waals surface area contributed by atoms with E-state index in [-0.39, 0.29) is 36.1 Å². The molecule has 0 heterocycles. The molecular formula is C39H37Li. The van der Waals surface area contributed by atoms with E-state index in [9.17, 15) is 0 Å². The van der Waals surface area contributed by atoms with E-state index in [2.05, 4.69) is 166 Å². The van der Waals surface area contributed by atoms with Crippen LogP contribution in [0, 0.1) is 5.92 Å². The second kappa shape index (κ2) is 12.0. The molecule has 194 valence electrons. The monoisotopic (exact) mass is 512 g/mol. The molecule has 0 nitrogen and oxygen atoms in total. The van der Waals surface area contributed by atoms with Crippen LogP contribution in [0.3, 0.4) is 0 Å². The van der Waals surface area contributed by atoms with Gasteiger partial charge in [-0.05, 0) is 40.2 Å². The van der Waals surface area contributed by atoms with Crippen LogP contribution in [0.1, 0.15) is 77.8 Å². The van der Waals surface area contributed by atoms with Gasteiger partial charge in [0.25, 0.3) is 0 Å². The molecule has 40 heavy (non-hydrogen) atoms. The van der Waals surface area contributed by atoms with E-state index in [1.165, 1.54) is 39.3 Å². The smallest absolute Gasteiger partial charge is 0.187 e. The molecule has 4 atom stereocenters. The Hall–Kier alpha value is -3.43. The average molecular weight is 513 g/mol. The van der Waals surface area contributed by atoms with Gasteiger partial charge < -0.3 is 0 Å². The van der Waals surface area contributed by atoms with Gasteiger partial charge in [0.1, 0.15) is 0 Å². The van der Waals surface area contributed by atoms with Gasteiger partial charge in [-0.1, -0.05) is 165 Å². The fraction of sp³-hybridized carbons (Fsp3) is 0.205. The maximum atomic E-state index is 2.47. The maximum Gasteiger partial charge on any atom is 1.00 e. The largest absolute Gasteiger partial charge is 1.00 e. The molecule has 1 aliphatic carbocycles. The quantitative estimate of drug-likeness (QED) is 0.175. The molecular weight excluding hydrogens is 475 g/mol. The van der Waals surface area contributed by atoms with Crippen molar-refractivity contribution < 1.29 is 18.9 Å². The molecule has 0 bridgehead atoms. The number of hydrogen-bond donors (Lipinski definition) is 0. The normalized spacial score (nSPS) is 20.6. The SMILES string of the molecule is CC(C)(C)c1cccc([C-]2C(c3ccccc3)C(c3ccccc3)C(c3ccccc3)C2c2ccccc2)c1.[Li+]. The van der Waals surface area contributed by atoms with Crippen molar-refractivity contribution in [1.82, 2.24) is 0 Å². The molecule has 0 radical (unpaired) electrons. The van der Waals surface area contributed by atoms with Gasteiger partial charge in [-0.25, -0.2) is 0 Å². The van der Waals surface area contributed by atoms with E-state index in [1.54, 1.807) is 0 Å². The van der Waals surface area contributed by atoms with Crippen LogP contribution in [0.25, 0.3) is 0 Å². The van der Waals surface area contributed by atoms with Gasteiger partial charge in [0.05, 0.1) is 0 Å². The zero-order valence-corrected chi connectivity index (χ0v) is 24.2. The fourth-order valence-corrected chi connectivity index (χ4v) is 6.76. The van der Waals surface area contributed by atoms with Crippen molar-refractivity contribution in [2.45, 2.75) is 49.9 Å². The molecule has 5 aromatic carbocycles. The minimum Gasteiger partial charge on any atom is -0.187 e. The second-order valence-electron chi connectivity index (χ2n) is 11.9. The van der Waals surface area contributed by atoms with Gasteiger partial charge in [-0.3, -0.25) is 0 Å². The Bertz CT molecular complexity index is 1400. The minimum atomic E-state index is 0. The van der Waals surface area contributed by atoms with E-state index in [0.717, 1.165) is 0 Å². The van der Waals surface area contributed by atoms with Gasteiger partial charge in [-0.2, -0.15) is 23.6 Å². The zero-order chi connectivity index (χ0) is 26.8. The van der Waals surface area contributed by atoms with Crippen molar-refractivity contribution in [2.75, 3.05) is 0 Å². The summed E-state index contributed by atoms with van der Waals surface area (Å²) in [6.07, 6.45) is 0. The summed E-state index contributed by atoms with van der Waals surface area (Å²) in [6.45, 7) is 6.94. The molecule has 0 N–H and O–H groups in total. The minimum absolute atomic E-state index is 0. The Morgan fingerprint density at radius 3 is 1.20 bits per heavy atom. The van der Waals surface area contributed by atoms with Crippen LogP contribution in [0.5, 0.6) is 0 Å². The Labute approximate surface area is 252 Å². The summed E-state index contributed by atoms with van der Waals surface area (Å²) in [4.78, 5) is 0. The van der Waals surface area contributed by atoms with Gasteiger partial charge >= 0.3 is 18.9 Å². The van der Waals surface area contributed by atoms with Gasteiger partial charge in [-0.15, -0.1) is 6.07 Å². The Kier molecular flexibility index (Phi) is 8.42. The van der Waals surface area contributed by atoms with Crippen molar-refractivity contribution in [3.05, 3.63) is 185 Å². The van der Waals surface area contributed by atoms with E-state index in [0.29, 0.717) is 11.8 Å². The number of benzene rings is 5. The van der Waals surface area contributed by atoms with Crippen LogP contribution >= 0.6 is 0 Å². The first-order valence-electron chi connectivity index (χ1n) is 14.2. The molecule has 1 saturated carbocycles. The third-order valence-corrected chi connectivity index (χ3v) is 8.52. The molecule has 6 rings (SSSR count). The van der Waals surface area contributed by atoms with Crippen molar-refractivity contribution in [3.63, 3.8) is 0 Å². The molecule has 0 saturated heterocycles. The predicted molar refractivity (Wildman–Crippen MR) is 164 cm³/mol. The van der Waals surface area contributed by atoms with Gasteiger partial charge in [0.2, 0.25) is 0 Å². The molecule has 0 spiro atoms. The first-order valence-corrected chi connectivity index (χ1v) is 14.2. The molecule has 0 aromatic heterocycles. The van der Waals surface area contributed by atoms with Crippen LogP contribution < -0.4 is 18.9 Å². The molecule has 0 amide bonds.